The molecule has 9 heteroatoms. The molecule has 0 bridgehead atoms. The molecule has 2 unspecified atom stereocenters. The van der Waals surface area contributed by atoms with Gasteiger partial charge < -0.3 is 15.4 Å². The predicted octanol–water partition coefficient (Wildman–Crippen LogP) is 1.58. The summed E-state index contributed by atoms with van der Waals surface area (Å²) < 4.78 is 33.1. The van der Waals surface area contributed by atoms with Gasteiger partial charge in [0.2, 0.25) is 15.9 Å². The summed E-state index contributed by atoms with van der Waals surface area (Å²) in [6, 6.07) is 14.4. The van der Waals surface area contributed by atoms with E-state index in [1.165, 1.54) is 24.3 Å². The maximum absolute atomic E-state index is 12.6. The summed E-state index contributed by atoms with van der Waals surface area (Å²) in [6.45, 7) is 2.75. The van der Waals surface area contributed by atoms with Crippen molar-refractivity contribution in [3.8, 4) is 0 Å². The molecule has 1 aliphatic rings. The molecule has 0 aromatic heterocycles. The van der Waals surface area contributed by atoms with E-state index < -0.39 is 22.0 Å². The lowest BCUT2D eigenvalue weighted by Gasteiger charge is -2.15. The molecule has 0 saturated carbocycles. The van der Waals surface area contributed by atoms with E-state index >= 15 is 0 Å². The van der Waals surface area contributed by atoms with Crippen LogP contribution >= 0.6 is 0 Å². The maximum Gasteiger partial charge on any atom is 0.251 e. The Morgan fingerprint density at radius 1 is 1.13 bits per heavy atom. The average molecular weight is 446 g/mol. The van der Waals surface area contributed by atoms with Gasteiger partial charge >= 0.3 is 0 Å². The van der Waals surface area contributed by atoms with Gasteiger partial charge in [-0.1, -0.05) is 36.4 Å². The lowest BCUT2D eigenvalue weighted by molar-refractivity contribution is -0.122. The van der Waals surface area contributed by atoms with Crippen LogP contribution in [0, 0.1) is 0 Å². The number of carbonyl (C=O) groups excluding carboxylic acids is 2. The van der Waals surface area contributed by atoms with Crippen LogP contribution in [0.2, 0.25) is 0 Å². The van der Waals surface area contributed by atoms with Crippen molar-refractivity contribution in [2.75, 3.05) is 13.2 Å². The maximum atomic E-state index is 12.6. The highest BCUT2D eigenvalue weighted by molar-refractivity contribution is 7.89. The molecule has 1 aliphatic heterocycles. The second-order valence-corrected chi connectivity index (χ2v) is 9.18. The van der Waals surface area contributed by atoms with Crippen molar-refractivity contribution in [1.82, 2.24) is 15.4 Å². The summed E-state index contributed by atoms with van der Waals surface area (Å²) in [4.78, 5) is 24.8. The Morgan fingerprint density at radius 2 is 1.90 bits per heavy atom. The van der Waals surface area contributed by atoms with Gasteiger partial charge in [-0.2, -0.15) is 0 Å². The lowest BCUT2D eigenvalue weighted by atomic mass is 10.2. The molecule has 166 valence electrons. The van der Waals surface area contributed by atoms with Crippen LogP contribution in [0.4, 0.5) is 0 Å². The third-order valence-corrected chi connectivity index (χ3v) is 6.40. The molecule has 0 aliphatic carbocycles. The number of ether oxygens (including phenoxy) is 1. The smallest absolute Gasteiger partial charge is 0.251 e. The number of amides is 2. The van der Waals surface area contributed by atoms with Crippen molar-refractivity contribution in [3.63, 3.8) is 0 Å². The monoisotopic (exact) mass is 445 g/mol. The number of carbonyl (C=O) groups is 2. The van der Waals surface area contributed by atoms with Crippen molar-refractivity contribution in [2.45, 2.75) is 43.4 Å². The second kappa shape index (κ2) is 10.5. The van der Waals surface area contributed by atoms with Gasteiger partial charge in [-0.25, -0.2) is 13.1 Å². The summed E-state index contributed by atoms with van der Waals surface area (Å²) >= 11 is 0. The number of benzene rings is 2. The Bertz CT molecular complexity index is 1000. The molecule has 2 amide bonds. The summed E-state index contributed by atoms with van der Waals surface area (Å²) in [5.41, 5.74) is 1.10. The highest BCUT2D eigenvalue weighted by Crippen LogP contribution is 2.14. The van der Waals surface area contributed by atoms with Crippen molar-refractivity contribution in [1.29, 1.82) is 0 Å². The molecule has 1 heterocycles. The zero-order valence-corrected chi connectivity index (χ0v) is 18.2. The van der Waals surface area contributed by atoms with Gasteiger partial charge in [-0.15, -0.1) is 0 Å². The quantitative estimate of drug-likeness (QED) is 0.542. The first-order valence-corrected chi connectivity index (χ1v) is 11.7. The van der Waals surface area contributed by atoms with Gasteiger partial charge in [0.1, 0.15) is 6.04 Å². The molecule has 2 aromatic rings. The Morgan fingerprint density at radius 3 is 2.61 bits per heavy atom. The topological polar surface area (TPSA) is 114 Å². The van der Waals surface area contributed by atoms with Crippen molar-refractivity contribution >= 4 is 21.8 Å². The van der Waals surface area contributed by atoms with Crippen LogP contribution in [0.15, 0.2) is 59.5 Å². The minimum atomic E-state index is -3.78. The summed E-state index contributed by atoms with van der Waals surface area (Å²) in [5, 5.41) is 5.36. The Labute approximate surface area is 182 Å². The fourth-order valence-electron chi connectivity index (χ4n) is 3.18. The summed E-state index contributed by atoms with van der Waals surface area (Å²) in [7, 11) is -3.78. The lowest BCUT2D eigenvalue weighted by Crippen LogP contribution is -2.44. The SMILES string of the molecule is CC(NC(=O)c1cccc(S(=O)(=O)NCC2CCCO2)c1)C(=O)NCc1ccccc1. The minimum absolute atomic E-state index is 0.0145. The van der Waals surface area contributed by atoms with E-state index in [0.717, 1.165) is 18.4 Å². The van der Waals surface area contributed by atoms with Crippen LogP contribution in [0.5, 0.6) is 0 Å². The molecule has 1 saturated heterocycles. The first kappa shape index (κ1) is 22.9. The van der Waals surface area contributed by atoms with Crippen LogP contribution in [0.1, 0.15) is 35.7 Å². The van der Waals surface area contributed by atoms with Gasteiger partial charge in [-0.05, 0) is 43.5 Å². The Hall–Kier alpha value is -2.75. The third-order valence-electron chi connectivity index (χ3n) is 4.98. The second-order valence-electron chi connectivity index (χ2n) is 7.41. The summed E-state index contributed by atoms with van der Waals surface area (Å²) in [5.74, 6) is -0.863. The van der Waals surface area contributed by atoms with Gasteiger partial charge in [0.15, 0.2) is 0 Å². The molecule has 3 N–H and O–H groups in total. The fourth-order valence-corrected chi connectivity index (χ4v) is 4.29. The molecule has 2 atom stereocenters. The van der Waals surface area contributed by atoms with E-state index in [4.69, 9.17) is 4.74 Å². The van der Waals surface area contributed by atoms with E-state index in [1.54, 1.807) is 6.92 Å². The highest BCUT2D eigenvalue weighted by atomic mass is 32.2. The van der Waals surface area contributed by atoms with Crippen LogP contribution in [-0.2, 0) is 26.1 Å². The van der Waals surface area contributed by atoms with Gasteiger partial charge in [0.25, 0.3) is 5.91 Å². The van der Waals surface area contributed by atoms with E-state index in [9.17, 15) is 18.0 Å². The molecule has 8 nitrogen and oxygen atoms in total. The van der Waals surface area contributed by atoms with Gasteiger partial charge in [0, 0.05) is 25.3 Å². The Kier molecular flexibility index (Phi) is 7.78. The van der Waals surface area contributed by atoms with Gasteiger partial charge in [-0.3, -0.25) is 9.59 Å². The third kappa shape index (κ3) is 6.61. The molecule has 31 heavy (non-hydrogen) atoms. The number of hydrogen-bond donors (Lipinski definition) is 3. The summed E-state index contributed by atoms with van der Waals surface area (Å²) in [6.07, 6.45) is 1.60. The first-order chi connectivity index (χ1) is 14.8. The van der Waals surface area contributed by atoms with Crippen LogP contribution in [-0.4, -0.2) is 45.5 Å². The average Bonchev–Trinajstić information content (AvgIpc) is 3.30. The molecule has 2 aromatic carbocycles. The molecular weight excluding hydrogens is 418 g/mol. The minimum Gasteiger partial charge on any atom is -0.377 e. The zero-order chi connectivity index (χ0) is 22.3. The largest absolute Gasteiger partial charge is 0.377 e. The van der Waals surface area contributed by atoms with E-state index in [0.29, 0.717) is 13.2 Å². The van der Waals surface area contributed by atoms with E-state index in [1.807, 2.05) is 30.3 Å². The van der Waals surface area contributed by atoms with Crippen molar-refractivity contribution < 1.29 is 22.7 Å². The van der Waals surface area contributed by atoms with E-state index in [-0.39, 0.29) is 29.0 Å². The van der Waals surface area contributed by atoms with Crippen LogP contribution in [0.3, 0.4) is 0 Å². The molecule has 0 radical (unpaired) electrons. The van der Waals surface area contributed by atoms with E-state index in [2.05, 4.69) is 15.4 Å². The van der Waals surface area contributed by atoms with Crippen LogP contribution in [0.25, 0.3) is 0 Å². The standard InChI is InChI=1S/C22H27N3O5S/c1-16(21(26)23-14-17-7-3-2-4-8-17)25-22(27)18-9-5-11-20(13-18)31(28,29)24-15-19-10-6-12-30-19/h2-5,7-9,11,13,16,19,24H,6,10,12,14-15H2,1H3,(H,23,26)(H,25,27). The number of rotatable bonds is 9. The predicted molar refractivity (Wildman–Crippen MR) is 116 cm³/mol. The molecular formula is C22H27N3O5S. The number of hydrogen-bond acceptors (Lipinski definition) is 5. The first-order valence-electron chi connectivity index (χ1n) is 10.2. The van der Waals surface area contributed by atoms with Crippen molar-refractivity contribution in [2.24, 2.45) is 0 Å². The Balaban J connectivity index is 1.56. The van der Waals surface area contributed by atoms with Crippen molar-refractivity contribution in [3.05, 3.63) is 65.7 Å². The molecule has 1 fully saturated rings. The zero-order valence-electron chi connectivity index (χ0n) is 17.3. The molecule has 0 spiro atoms. The number of nitrogens with one attached hydrogen (secondary N) is 3. The number of sulfonamides is 1. The van der Waals surface area contributed by atoms with Gasteiger partial charge in [0.05, 0.1) is 11.0 Å². The highest BCUT2D eigenvalue weighted by Gasteiger charge is 2.22. The molecule has 3 rings (SSSR count). The normalized spacial score (nSPS) is 17.1. The van der Waals surface area contributed by atoms with Crippen LogP contribution < -0.4 is 15.4 Å². The fraction of sp³-hybridized carbons (Fsp3) is 0.364.